The molecule has 1 N–H and O–H groups in total. The molecular formula is C13H20FN. The number of likely N-dealkylation sites (N-methyl/N-ethyl adjacent to an activating group) is 1. The fourth-order valence-electron chi connectivity index (χ4n) is 2.16. The van der Waals surface area contributed by atoms with E-state index in [4.69, 9.17) is 0 Å². The number of nitrogens with one attached hydrogen (secondary N) is 1. The summed E-state index contributed by atoms with van der Waals surface area (Å²) in [6, 6.07) is 7.20. The Kier molecular flexibility index (Phi) is 3.86. The molecule has 0 saturated heterocycles. The third-order valence-corrected chi connectivity index (χ3v) is 3.22. The molecule has 15 heavy (non-hydrogen) atoms. The van der Waals surface area contributed by atoms with Crippen molar-refractivity contribution in [2.45, 2.75) is 38.6 Å². The molecule has 84 valence electrons. The molecule has 1 aromatic rings. The Morgan fingerprint density at radius 1 is 1.27 bits per heavy atom. The van der Waals surface area contributed by atoms with E-state index >= 15 is 0 Å². The number of hydrogen-bond acceptors (Lipinski definition) is 1. The van der Waals surface area contributed by atoms with Gasteiger partial charge in [-0.1, -0.05) is 32.9 Å². The standard InChI is InChI=1S/C13H20FN/c1-5-12(15-4)13(2,3)10-6-8-11(14)9-7-10/h6-9,12,15H,5H2,1-4H3. The van der Waals surface area contributed by atoms with Crippen molar-refractivity contribution in [2.75, 3.05) is 7.05 Å². The lowest BCUT2D eigenvalue weighted by molar-refractivity contribution is 0.350. The summed E-state index contributed by atoms with van der Waals surface area (Å²) in [7, 11) is 1.97. The van der Waals surface area contributed by atoms with E-state index in [1.165, 1.54) is 17.7 Å². The molecule has 0 aromatic heterocycles. The van der Waals surface area contributed by atoms with Crippen molar-refractivity contribution < 1.29 is 4.39 Å². The molecular weight excluding hydrogens is 189 g/mol. The van der Waals surface area contributed by atoms with Gasteiger partial charge in [0.1, 0.15) is 5.82 Å². The van der Waals surface area contributed by atoms with E-state index in [9.17, 15) is 4.39 Å². The van der Waals surface area contributed by atoms with Gasteiger partial charge in [0.15, 0.2) is 0 Å². The smallest absolute Gasteiger partial charge is 0.123 e. The zero-order valence-corrected chi connectivity index (χ0v) is 9.97. The second-order valence-electron chi connectivity index (χ2n) is 4.48. The van der Waals surface area contributed by atoms with Crippen LogP contribution >= 0.6 is 0 Å². The largest absolute Gasteiger partial charge is 0.316 e. The van der Waals surface area contributed by atoms with Crippen molar-refractivity contribution in [3.05, 3.63) is 35.6 Å². The van der Waals surface area contributed by atoms with E-state index in [0.29, 0.717) is 6.04 Å². The molecule has 1 rings (SSSR count). The van der Waals surface area contributed by atoms with Gasteiger partial charge in [-0.2, -0.15) is 0 Å². The molecule has 0 spiro atoms. The Bertz CT molecular complexity index is 299. The first-order valence-electron chi connectivity index (χ1n) is 5.45. The molecule has 0 bridgehead atoms. The molecule has 1 aromatic carbocycles. The predicted molar refractivity (Wildman–Crippen MR) is 62.6 cm³/mol. The van der Waals surface area contributed by atoms with E-state index in [1.54, 1.807) is 0 Å². The van der Waals surface area contributed by atoms with Crippen LogP contribution in [-0.4, -0.2) is 13.1 Å². The minimum atomic E-state index is -0.174. The highest BCUT2D eigenvalue weighted by atomic mass is 19.1. The molecule has 2 heteroatoms. The van der Waals surface area contributed by atoms with Gasteiger partial charge in [-0.3, -0.25) is 0 Å². The van der Waals surface area contributed by atoms with Crippen LogP contribution in [0, 0.1) is 5.82 Å². The molecule has 1 atom stereocenters. The molecule has 0 saturated carbocycles. The summed E-state index contributed by atoms with van der Waals surface area (Å²) in [6.07, 6.45) is 1.06. The molecule has 0 radical (unpaired) electrons. The monoisotopic (exact) mass is 209 g/mol. The molecule has 0 amide bonds. The summed E-state index contributed by atoms with van der Waals surface area (Å²) in [6.45, 7) is 6.53. The highest BCUT2D eigenvalue weighted by Gasteiger charge is 2.28. The first kappa shape index (κ1) is 12.2. The van der Waals surface area contributed by atoms with E-state index < -0.39 is 0 Å². The van der Waals surface area contributed by atoms with Gasteiger partial charge in [0.2, 0.25) is 0 Å². The Balaban J connectivity index is 2.98. The molecule has 0 heterocycles. The fraction of sp³-hybridized carbons (Fsp3) is 0.538. The Morgan fingerprint density at radius 2 is 1.80 bits per heavy atom. The van der Waals surface area contributed by atoms with Gasteiger partial charge in [0.05, 0.1) is 0 Å². The summed E-state index contributed by atoms with van der Waals surface area (Å²) in [5, 5.41) is 3.31. The van der Waals surface area contributed by atoms with E-state index in [0.717, 1.165) is 6.42 Å². The van der Waals surface area contributed by atoms with Crippen LogP contribution in [0.5, 0.6) is 0 Å². The molecule has 0 fully saturated rings. The quantitative estimate of drug-likeness (QED) is 0.803. The first-order chi connectivity index (χ1) is 7.02. The summed E-state index contributed by atoms with van der Waals surface area (Å²) >= 11 is 0. The van der Waals surface area contributed by atoms with Crippen molar-refractivity contribution >= 4 is 0 Å². The van der Waals surface area contributed by atoms with Crippen molar-refractivity contribution in [3.8, 4) is 0 Å². The van der Waals surface area contributed by atoms with Gasteiger partial charge in [0, 0.05) is 11.5 Å². The summed E-state index contributed by atoms with van der Waals surface area (Å²) < 4.78 is 12.8. The van der Waals surface area contributed by atoms with Crippen LogP contribution in [0.4, 0.5) is 4.39 Å². The SMILES string of the molecule is CCC(NC)C(C)(C)c1ccc(F)cc1. The molecule has 1 nitrogen and oxygen atoms in total. The minimum Gasteiger partial charge on any atom is -0.316 e. The van der Waals surface area contributed by atoms with Crippen molar-refractivity contribution in [3.63, 3.8) is 0 Å². The van der Waals surface area contributed by atoms with Crippen molar-refractivity contribution in [1.82, 2.24) is 5.32 Å². The second-order valence-corrected chi connectivity index (χ2v) is 4.48. The topological polar surface area (TPSA) is 12.0 Å². The van der Waals surface area contributed by atoms with Gasteiger partial charge in [0.25, 0.3) is 0 Å². The lowest BCUT2D eigenvalue weighted by atomic mass is 9.77. The second kappa shape index (κ2) is 4.75. The zero-order chi connectivity index (χ0) is 11.5. The number of benzene rings is 1. The predicted octanol–water partition coefficient (Wildman–Crippen LogP) is 3.10. The maximum atomic E-state index is 12.8. The Labute approximate surface area is 91.7 Å². The summed E-state index contributed by atoms with van der Waals surface area (Å²) in [5.41, 5.74) is 1.20. The molecule has 0 aliphatic rings. The number of rotatable bonds is 4. The van der Waals surface area contributed by atoms with Gasteiger partial charge in [-0.05, 0) is 31.2 Å². The van der Waals surface area contributed by atoms with Crippen LogP contribution in [0.2, 0.25) is 0 Å². The fourth-order valence-corrected chi connectivity index (χ4v) is 2.16. The number of halogens is 1. The van der Waals surface area contributed by atoms with Crippen LogP contribution in [0.3, 0.4) is 0 Å². The van der Waals surface area contributed by atoms with Crippen LogP contribution in [0.25, 0.3) is 0 Å². The van der Waals surface area contributed by atoms with Gasteiger partial charge < -0.3 is 5.32 Å². The van der Waals surface area contributed by atoms with Crippen LogP contribution in [0.1, 0.15) is 32.8 Å². The van der Waals surface area contributed by atoms with Crippen molar-refractivity contribution in [1.29, 1.82) is 0 Å². The zero-order valence-electron chi connectivity index (χ0n) is 9.97. The maximum absolute atomic E-state index is 12.8. The highest BCUT2D eigenvalue weighted by Crippen LogP contribution is 2.28. The van der Waals surface area contributed by atoms with Crippen LogP contribution in [0.15, 0.2) is 24.3 Å². The Hall–Kier alpha value is -0.890. The minimum absolute atomic E-state index is 0.0250. The average molecular weight is 209 g/mol. The number of hydrogen-bond donors (Lipinski definition) is 1. The Morgan fingerprint density at radius 3 is 2.20 bits per heavy atom. The third-order valence-electron chi connectivity index (χ3n) is 3.22. The molecule has 0 aliphatic carbocycles. The molecule has 1 unspecified atom stereocenters. The van der Waals surface area contributed by atoms with Gasteiger partial charge >= 0.3 is 0 Å². The lowest BCUT2D eigenvalue weighted by Gasteiger charge is -2.34. The lowest BCUT2D eigenvalue weighted by Crippen LogP contribution is -2.42. The third kappa shape index (κ3) is 2.57. The van der Waals surface area contributed by atoms with Gasteiger partial charge in [-0.15, -0.1) is 0 Å². The molecule has 0 aliphatic heterocycles. The summed E-state index contributed by atoms with van der Waals surface area (Å²) in [5.74, 6) is -0.174. The first-order valence-corrected chi connectivity index (χ1v) is 5.45. The summed E-state index contributed by atoms with van der Waals surface area (Å²) in [4.78, 5) is 0. The van der Waals surface area contributed by atoms with Crippen molar-refractivity contribution in [2.24, 2.45) is 0 Å². The van der Waals surface area contributed by atoms with Crippen LogP contribution in [-0.2, 0) is 5.41 Å². The van der Waals surface area contributed by atoms with E-state index in [1.807, 2.05) is 19.2 Å². The average Bonchev–Trinajstić information content (AvgIpc) is 2.19. The van der Waals surface area contributed by atoms with E-state index in [-0.39, 0.29) is 11.2 Å². The maximum Gasteiger partial charge on any atom is 0.123 e. The normalized spacial score (nSPS) is 13.9. The highest BCUT2D eigenvalue weighted by molar-refractivity contribution is 5.26. The van der Waals surface area contributed by atoms with Gasteiger partial charge in [-0.25, -0.2) is 4.39 Å². The van der Waals surface area contributed by atoms with E-state index in [2.05, 4.69) is 26.1 Å². The van der Waals surface area contributed by atoms with Crippen LogP contribution < -0.4 is 5.32 Å².